The van der Waals surface area contributed by atoms with E-state index < -0.39 is 0 Å². The molecule has 1 aromatic heterocycles. The molecule has 0 radical (unpaired) electrons. The van der Waals surface area contributed by atoms with Crippen molar-refractivity contribution in [3.05, 3.63) is 24.0 Å². The predicted octanol–water partition coefficient (Wildman–Crippen LogP) is 2.44. The largest absolute Gasteiger partial charge is 0.493 e. The van der Waals surface area contributed by atoms with Crippen LogP contribution in [0.3, 0.4) is 0 Å². The molecule has 0 fully saturated rings. The van der Waals surface area contributed by atoms with Gasteiger partial charge >= 0.3 is 0 Å². The summed E-state index contributed by atoms with van der Waals surface area (Å²) < 4.78 is 10.8. The first kappa shape index (κ1) is 12.4. The fraction of sp³-hybridized carbons (Fsp3) is 0.385. The first-order valence-corrected chi connectivity index (χ1v) is 6.01. The molecule has 0 unspecified atom stereocenters. The zero-order chi connectivity index (χ0) is 13.0. The Balaban J connectivity index is 2.34. The minimum absolute atomic E-state index is 0.607. The monoisotopic (exact) mass is 247 g/mol. The molecule has 0 amide bonds. The normalized spacial score (nSPS) is 10.4. The lowest BCUT2D eigenvalue weighted by atomic mass is 10.2. The van der Waals surface area contributed by atoms with E-state index >= 15 is 0 Å². The molecule has 5 heteroatoms. The molecule has 2 rings (SSSR count). The van der Waals surface area contributed by atoms with Crippen molar-refractivity contribution < 1.29 is 9.47 Å². The van der Waals surface area contributed by atoms with Gasteiger partial charge in [-0.25, -0.2) is 4.98 Å². The van der Waals surface area contributed by atoms with Gasteiger partial charge in [-0.15, -0.1) is 0 Å². The first-order chi connectivity index (χ1) is 8.78. The zero-order valence-corrected chi connectivity index (χ0v) is 10.9. The lowest BCUT2D eigenvalue weighted by Gasteiger charge is -2.09. The van der Waals surface area contributed by atoms with Gasteiger partial charge < -0.3 is 9.47 Å². The SMILES string of the molecule is CCOc1ccc(-c2n[nH]c(CC)n2)cc1OC. The summed E-state index contributed by atoms with van der Waals surface area (Å²) in [4.78, 5) is 4.39. The summed E-state index contributed by atoms with van der Waals surface area (Å²) in [6, 6.07) is 5.68. The van der Waals surface area contributed by atoms with Crippen molar-refractivity contribution >= 4 is 0 Å². The van der Waals surface area contributed by atoms with E-state index in [4.69, 9.17) is 9.47 Å². The predicted molar refractivity (Wildman–Crippen MR) is 68.9 cm³/mol. The van der Waals surface area contributed by atoms with Gasteiger partial charge in [0.05, 0.1) is 13.7 Å². The van der Waals surface area contributed by atoms with E-state index in [1.165, 1.54) is 0 Å². The van der Waals surface area contributed by atoms with E-state index in [1.807, 2.05) is 32.0 Å². The fourth-order valence-corrected chi connectivity index (χ4v) is 1.66. The summed E-state index contributed by atoms with van der Waals surface area (Å²) in [7, 11) is 1.62. The van der Waals surface area contributed by atoms with E-state index in [9.17, 15) is 0 Å². The lowest BCUT2D eigenvalue weighted by Crippen LogP contribution is -1.95. The van der Waals surface area contributed by atoms with Gasteiger partial charge in [-0.05, 0) is 25.1 Å². The molecule has 0 spiro atoms. The second kappa shape index (κ2) is 5.53. The molecule has 1 N–H and O–H groups in total. The van der Waals surface area contributed by atoms with Gasteiger partial charge in [0, 0.05) is 12.0 Å². The number of nitrogens with one attached hydrogen (secondary N) is 1. The molecular formula is C13H17N3O2. The van der Waals surface area contributed by atoms with Gasteiger partial charge in [0.15, 0.2) is 17.3 Å². The Morgan fingerprint density at radius 1 is 1.22 bits per heavy atom. The van der Waals surface area contributed by atoms with Gasteiger partial charge in [0.25, 0.3) is 0 Å². The Hall–Kier alpha value is -2.04. The number of methoxy groups -OCH3 is 1. The van der Waals surface area contributed by atoms with Crippen molar-refractivity contribution in [2.24, 2.45) is 0 Å². The van der Waals surface area contributed by atoms with Crippen LogP contribution in [0.25, 0.3) is 11.4 Å². The highest BCUT2D eigenvalue weighted by molar-refractivity contribution is 5.60. The van der Waals surface area contributed by atoms with Crippen molar-refractivity contribution in [3.8, 4) is 22.9 Å². The van der Waals surface area contributed by atoms with Crippen LogP contribution in [0.4, 0.5) is 0 Å². The number of benzene rings is 1. The molecule has 2 aromatic rings. The summed E-state index contributed by atoms with van der Waals surface area (Å²) in [5, 5.41) is 7.07. The third-order valence-electron chi connectivity index (χ3n) is 2.59. The number of aromatic nitrogens is 3. The third kappa shape index (κ3) is 2.45. The fourth-order valence-electron chi connectivity index (χ4n) is 1.66. The minimum Gasteiger partial charge on any atom is -0.493 e. The van der Waals surface area contributed by atoms with E-state index in [-0.39, 0.29) is 0 Å². The van der Waals surface area contributed by atoms with E-state index in [0.29, 0.717) is 18.2 Å². The number of hydrogen-bond donors (Lipinski definition) is 1. The van der Waals surface area contributed by atoms with Crippen molar-refractivity contribution in [1.82, 2.24) is 15.2 Å². The van der Waals surface area contributed by atoms with Crippen LogP contribution in [0.1, 0.15) is 19.7 Å². The van der Waals surface area contributed by atoms with E-state index in [1.54, 1.807) is 7.11 Å². The van der Waals surface area contributed by atoms with Crippen molar-refractivity contribution in [1.29, 1.82) is 0 Å². The number of H-pyrrole nitrogens is 1. The summed E-state index contributed by atoms with van der Waals surface area (Å²) in [5.74, 6) is 2.97. The third-order valence-corrected chi connectivity index (χ3v) is 2.59. The molecule has 0 aliphatic rings. The van der Waals surface area contributed by atoms with E-state index in [0.717, 1.165) is 23.6 Å². The molecule has 0 atom stereocenters. The average molecular weight is 247 g/mol. The molecule has 0 aliphatic heterocycles. The molecule has 0 saturated carbocycles. The number of aryl methyl sites for hydroxylation is 1. The number of hydrogen-bond acceptors (Lipinski definition) is 4. The Morgan fingerprint density at radius 2 is 2.06 bits per heavy atom. The van der Waals surface area contributed by atoms with Crippen LogP contribution in [0.5, 0.6) is 11.5 Å². The van der Waals surface area contributed by atoms with Crippen molar-refractivity contribution in [2.75, 3.05) is 13.7 Å². The minimum atomic E-state index is 0.607. The Kier molecular flexibility index (Phi) is 3.82. The van der Waals surface area contributed by atoms with Gasteiger partial charge in [-0.1, -0.05) is 6.92 Å². The molecule has 0 saturated heterocycles. The molecule has 96 valence electrons. The van der Waals surface area contributed by atoms with Gasteiger partial charge in [0.1, 0.15) is 5.82 Å². The smallest absolute Gasteiger partial charge is 0.181 e. The molecule has 0 aliphatic carbocycles. The molecule has 18 heavy (non-hydrogen) atoms. The zero-order valence-electron chi connectivity index (χ0n) is 10.9. The van der Waals surface area contributed by atoms with Crippen LogP contribution in [-0.4, -0.2) is 28.9 Å². The second-order valence-electron chi connectivity index (χ2n) is 3.76. The molecule has 1 heterocycles. The molecule has 5 nitrogen and oxygen atoms in total. The molecular weight excluding hydrogens is 230 g/mol. The summed E-state index contributed by atoms with van der Waals surface area (Å²) in [6.07, 6.45) is 0.834. The summed E-state index contributed by atoms with van der Waals surface area (Å²) in [5.41, 5.74) is 0.909. The standard InChI is InChI=1S/C13H17N3O2/c1-4-12-14-13(16-15-12)9-6-7-10(18-5-2)11(8-9)17-3/h6-8H,4-5H2,1-3H3,(H,14,15,16). The Bertz CT molecular complexity index is 523. The maximum Gasteiger partial charge on any atom is 0.181 e. The van der Waals surface area contributed by atoms with Gasteiger partial charge in [-0.3, -0.25) is 5.10 Å². The van der Waals surface area contributed by atoms with Crippen LogP contribution in [0.2, 0.25) is 0 Å². The van der Waals surface area contributed by atoms with Crippen LogP contribution in [0, 0.1) is 0 Å². The lowest BCUT2D eigenvalue weighted by molar-refractivity contribution is 0.311. The van der Waals surface area contributed by atoms with Crippen LogP contribution >= 0.6 is 0 Å². The van der Waals surface area contributed by atoms with E-state index in [2.05, 4.69) is 15.2 Å². The number of aromatic amines is 1. The summed E-state index contributed by atoms with van der Waals surface area (Å²) in [6.45, 7) is 4.58. The maximum absolute atomic E-state index is 5.47. The molecule has 0 bridgehead atoms. The Morgan fingerprint density at radius 3 is 2.67 bits per heavy atom. The highest BCUT2D eigenvalue weighted by Crippen LogP contribution is 2.31. The number of nitrogens with zero attached hydrogens (tertiary/aromatic N) is 2. The van der Waals surface area contributed by atoms with Gasteiger partial charge in [-0.2, -0.15) is 5.10 Å². The average Bonchev–Trinajstić information content (AvgIpc) is 2.88. The highest BCUT2D eigenvalue weighted by Gasteiger charge is 2.10. The van der Waals surface area contributed by atoms with Crippen molar-refractivity contribution in [2.45, 2.75) is 20.3 Å². The van der Waals surface area contributed by atoms with Gasteiger partial charge in [0.2, 0.25) is 0 Å². The Labute approximate surface area is 106 Å². The summed E-state index contributed by atoms with van der Waals surface area (Å²) >= 11 is 0. The number of ether oxygens (including phenoxy) is 2. The number of rotatable bonds is 5. The topological polar surface area (TPSA) is 60.0 Å². The highest BCUT2D eigenvalue weighted by atomic mass is 16.5. The second-order valence-corrected chi connectivity index (χ2v) is 3.76. The van der Waals surface area contributed by atoms with Crippen LogP contribution in [-0.2, 0) is 6.42 Å². The quantitative estimate of drug-likeness (QED) is 0.881. The first-order valence-electron chi connectivity index (χ1n) is 6.01. The van der Waals surface area contributed by atoms with Crippen LogP contribution in [0.15, 0.2) is 18.2 Å². The van der Waals surface area contributed by atoms with Crippen molar-refractivity contribution in [3.63, 3.8) is 0 Å². The maximum atomic E-state index is 5.47. The molecule has 1 aromatic carbocycles. The van der Waals surface area contributed by atoms with Crippen LogP contribution < -0.4 is 9.47 Å².